The second-order valence-corrected chi connectivity index (χ2v) is 16.4. The Balaban J connectivity index is 0.733. The minimum atomic E-state index is -0.625. The van der Waals surface area contributed by atoms with Gasteiger partial charge in [0, 0.05) is 71.4 Å². The molecule has 5 aromatic rings. The third-order valence-corrected chi connectivity index (χ3v) is 12.7. The first-order valence-electron chi connectivity index (χ1n) is 18.6. The molecule has 0 spiro atoms. The van der Waals surface area contributed by atoms with Crippen molar-refractivity contribution < 1.29 is 33.7 Å². The highest BCUT2D eigenvalue weighted by atomic mass is 79.9. The Morgan fingerprint density at radius 3 is 2.22 bits per heavy atom. The van der Waals surface area contributed by atoms with E-state index < -0.39 is 11.9 Å². The monoisotopic (exact) mass is 822 g/mol. The molecule has 0 aliphatic carbocycles. The van der Waals surface area contributed by atoms with E-state index in [1.165, 1.54) is 0 Å². The molecule has 0 radical (unpaired) electrons. The Hall–Kier alpha value is -4.95. The number of rotatable bonds is 12. The molecular formula is C42H39BrN4O7S. The van der Waals surface area contributed by atoms with Gasteiger partial charge in [-0.2, -0.15) is 0 Å². The van der Waals surface area contributed by atoms with Gasteiger partial charge in [-0.15, -0.1) is 11.3 Å². The molecule has 5 heterocycles. The molecule has 3 atom stereocenters. The molecule has 9 rings (SSSR count). The second kappa shape index (κ2) is 14.9. The summed E-state index contributed by atoms with van der Waals surface area (Å²) in [5.41, 5.74) is 2.47. The highest BCUT2D eigenvalue weighted by Gasteiger charge is 2.43. The summed E-state index contributed by atoms with van der Waals surface area (Å²) in [6, 6.07) is 27.1. The summed E-state index contributed by atoms with van der Waals surface area (Å²) >= 11 is 5.11. The quantitative estimate of drug-likeness (QED) is 0.131. The van der Waals surface area contributed by atoms with Crippen LogP contribution in [0.25, 0.3) is 20.5 Å². The van der Waals surface area contributed by atoms with Crippen LogP contribution in [0.5, 0.6) is 28.7 Å². The van der Waals surface area contributed by atoms with E-state index in [2.05, 4.69) is 43.2 Å². The van der Waals surface area contributed by atoms with E-state index in [1.807, 2.05) is 54.6 Å². The Labute approximate surface area is 330 Å². The standard InChI is InChI=1S/C42H39BrN4O7S/c43-27-3-1-25(2-4-27)40-39(35-11-5-30(48)21-37(35)55-40)54-32-8-6-31(7-9-32)52-17-15-45-23-29-20-28(45)24-46(29)16-18-53-33-10-12-34-26(19-33)22-47(42(34)51)36-13-14-38(49)44-41(36)50/h1-12,19,21,28-29,36,48H,13-18,20,22-24H2,(H,44,49,50)/t28-,29-,36-/m0/s1. The maximum atomic E-state index is 13.0. The number of phenolic OH excluding ortho intramolecular Hbond substituents is 1. The fourth-order valence-electron chi connectivity index (χ4n) is 8.26. The lowest BCUT2D eigenvalue weighted by Crippen LogP contribution is -2.52. The second-order valence-electron chi connectivity index (χ2n) is 14.5. The molecule has 3 saturated heterocycles. The van der Waals surface area contributed by atoms with Gasteiger partial charge in [0.1, 0.15) is 42.3 Å². The van der Waals surface area contributed by atoms with Gasteiger partial charge in [-0.1, -0.05) is 28.1 Å². The van der Waals surface area contributed by atoms with Crippen molar-refractivity contribution in [1.29, 1.82) is 0 Å². The van der Waals surface area contributed by atoms with Crippen LogP contribution < -0.4 is 19.5 Å². The summed E-state index contributed by atoms with van der Waals surface area (Å²) in [6.07, 6.45) is 1.72. The summed E-state index contributed by atoms with van der Waals surface area (Å²) in [5, 5.41) is 13.4. The topological polar surface area (TPSA) is 121 Å². The minimum absolute atomic E-state index is 0.180. The lowest BCUT2D eigenvalue weighted by Gasteiger charge is -2.34. The summed E-state index contributed by atoms with van der Waals surface area (Å²) in [6.45, 7) is 5.17. The number of imide groups is 1. The van der Waals surface area contributed by atoms with Gasteiger partial charge in [0.25, 0.3) is 5.91 Å². The summed E-state index contributed by atoms with van der Waals surface area (Å²) in [5.74, 6) is 2.33. The molecule has 2 bridgehead atoms. The van der Waals surface area contributed by atoms with Crippen molar-refractivity contribution in [3.63, 3.8) is 0 Å². The van der Waals surface area contributed by atoms with Gasteiger partial charge in [-0.25, -0.2) is 0 Å². The number of carbonyl (C=O) groups is 3. The number of hydrogen-bond donors (Lipinski definition) is 2. The molecular weight excluding hydrogens is 784 g/mol. The number of piperazine rings is 1. The maximum Gasteiger partial charge on any atom is 0.255 e. The van der Waals surface area contributed by atoms with Gasteiger partial charge in [0.05, 0.1) is 4.88 Å². The van der Waals surface area contributed by atoms with Gasteiger partial charge in [-0.3, -0.25) is 29.5 Å². The highest BCUT2D eigenvalue weighted by Crippen LogP contribution is 2.47. The third kappa shape index (κ3) is 7.29. The number of carbonyl (C=O) groups excluding carboxylic acids is 3. The summed E-state index contributed by atoms with van der Waals surface area (Å²) in [4.78, 5) is 44.5. The van der Waals surface area contributed by atoms with Crippen LogP contribution in [-0.4, -0.2) is 95.0 Å². The number of phenols is 1. The number of halogens is 1. The molecule has 0 saturated carbocycles. The van der Waals surface area contributed by atoms with Gasteiger partial charge >= 0.3 is 0 Å². The van der Waals surface area contributed by atoms with Gasteiger partial charge in [-0.05, 0) is 96.8 Å². The number of hydrogen-bond acceptors (Lipinski definition) is 10. The average Bonchev–Trinajstić information content (AvgIpc) is 3.94. The van der Waals surface area contributed by atoms with Crippen LogP contribution in [0.4, 0.5) is 0 Å². The Bertz CT molecular complexity index is 2280. The first-order valence-corrected chi connectivity index (χ1v) is 20.2. The van der Waals surface area contributed by atoms with Crippen LogP contribution in [0.1, 0.15) is 35.2 Å². The normalized spacial score (nSPS) is 21.0. The predicted molar refractivity (Wildman–Crippen MR) is 212 cm³/mol. The molecule has 0 unspecified atom stereocenters. The average molecular weight is 824 g/mol. The fraction of sp³-hybridized carbons (Fsp3) is 0.310. The Kier molecular flexibility index (Phi) is 9.71. The molecule has 3 amide bonds. The van der Waals surface area contributed by atoms with Crippen molar-refractivity contribution in [2.75, 3.05) is 39.4 Å². The number of amides is 3. The van der Waals surface area contributed by atoms with Crippen molar-refractivity contribution in [3.05, 3.63) is 101 Å². The van der Waals surface area contributed by atoms with E-state index in [-0.39, 0.29) is 24.0 Å². The first kappa shape index (κ1) is 35.7. The van der Waals surface area contributed by atoms with Crippen molar-refractivity contribution in [2.45, 2.75) is 43.9 Å². The van der Waals surface area contributed by atoms with Crippen molar-refractivity contribution in [3.8, 4) is 39.2 Å². The van der Waals surface area contributed by atoms with Crippen LogP contribution in [0.2, 0.25) is 0 Å². The minimum Gasteiger partial charge on any atom is -0.508 e. The largest absolute Gasteiger partial charge is 0.508 e. The molecule has 2 N–H and O–H groups in total. The zero-order valence-electron chi connectivity index (χ0n) is 29.9. The lowest BCUT2D eigenvalue weighted by molar-refractivity contribution is -0.136. The Morgan fingerprint density at radius 1 is 0.818 bits per heavy atom. The SMILES string of the molecule is O=C1CC[C@H](N2Cc3cc(OCCN4C[C@@H]5C[C@H]4CN5CCOc4ccc(Oc5c(-c6ccc(Br)cc6)sc6cc(O)ccc56)cc4)ccc3C2=O)C(=O)N1. The molecule has 13 heteroatoms. The van der Waals surface area contributed by atoms with E-state index in [0.717, 1.165) is 74.7 Å². The molecule has 4 aliphatic rings. The third-order valence-electron chi connectivity index (χ3n) is 11.0. The van der Waals surface area contributed by atoms with E-state index in [9.17, 15) is 19.5 Å². The smallest absolute Gasteiger partial charge is 0.255 e. The van der Waals surface area contributed by atoms with Crippen LogP contribution in [-0.2, 0) is 16.1 Å². The molecule has 4 aliphatic heterocycles. The van der Waals surface area contributed by atoms with Crippen LogP contribution in [0, 0.1) is 0 Å². The first-order chi connectivity index (χ1) is 26.8. The van der Waals surface area contributed by atoms with E-state index in [0.29, 0.717) is 55.3 Å². The number of fused-ring (bicyclic) bond motifs is 4. The summed E-state index contributed by atoms with van der Waals surface area (Å²) in [7, 11) is 0. The number of aromatic hydroxyl groups is 1. The molecule has 11 nitrogen and oxygen atoms in total. The molecule has 282 valence electrons. The number of nitrogens with zero attached hydrogens (tertiary/aromatic N) is 3. The number of nitrogens with one attached hydrogen (secondary N) is 1. The maximum absolute atomic E-state index is 13.0. The number of piperidine rings is 1. The van der Waals surface area contributed by atoms with Crippen LogP contribution >= 0.6 is 27.3 Å². The van der Waals surface area contributed by atoms with E-state index in [4.69, 9.17) is 14.2 Å². The molecule has 3 fully saturated rings. The molecule has 4 aromatic carbocycles. The number of likely N-dealkylation sites (tertiary alicyclic amines) is 2. The molecule has 55 heavy (non-hydrogen) atoms. The van der Waals surface area contributed by atoms with Crippen LogP contribution in [0.15, 0.2) is 89.4 Å². The predicted octanol–water partition coefficient (Wildman–Crippen LogP) is 6.81. The highest BCUT2D eigenvalue weighted by molar-refractivity contribution is 9.10. The fourth-order valence-corrected chi connectivity index (χ4v) is 9.69. The zero-order valence-corrected chi connectivity index (χ0v) is 32.3. The van der Waals surface area contributed by atoms with Crippen molar-refractivity contribution in [2.24, 2.45) is 0 Å². The lowest BCUT2D eigenvalue weighted by atomic mass is 10.0. The van der Waals surface area contributed by atoms with Gasteiger partial charge in [0.2, 0.25) is 11.8 Å². The number of benzene rings is 4. The molecule has 1 aromatic heterocycles. The number of ether oxygens (including phenoxy) is 3. The zero-order chi connectivity index (χ0) is 37.6. The van der Waals surface area contributed by atoms with E-state index in [1.54, 1.807) is 34.4 Å². The van der Waals surface area contributed by atoms with Crippen molar-refractivity contribution in [1.82, 2.24) is 20.0 Å². The van der Waals surface area contributed by atoms with Gasteiger partial charge in [0.15, 0.2) is 5.75 Å². The van der Waals surface area contributed by atoms with E-state index >= 15 is 0 Å². The van der Waals surface area contributed by atoms with Crippen LogP contribution in [0.3, 0.4) is 0 Å². The van der Waals surface area contributed by atoms with Crippen molar-refractivity contribution >= 4 is 55.1 Å². The number of thiophene rings is 1. The summed E-state index contributed by atoms with van der Waals surface area (Å²) < 4.78 is 20.7. The Morgan fingerprint density at radius 2 is 1.51 bits per heavy atom. The van der Waals surface area contributed by atoms with Gasteiger partial charge < -0.3 is 24.2 Å².